The minimum Gasteiger partial charge on any atom is -0.383 e. The van der Waals surface area contributed by atoms with E-state index in [9.17, 15) is 4.79 Å². The van der Waals surface area contributed by atoms with Crippen LogP contribution in [0.4, 0.5) is 0 Å². The zero-order chi connectivity index (χ0) is 15.8. The van der Waals surface area contributed by atoms with Crippen LogP contribution in [0.15, 0.2) is 18.3 Å². The highest BCUT2D eigenvalue weighted by molar-refractivity contribution is 6.29. The van der Waals surface area contributed by atoms with Gasteiger partial charge in [-0.1, -0.05) is 17.7 Å². The number of nitrogens with zero attached hydrogens (tertiary/aromatic N) is 3. The minimum absolute atomic E-state index is 0.0624. The Balaban J connectivity index is 1.67. The molecule has 6 nitrogen and oxygen atoms in total. The largest absolute Gasteiger partial charge is 0.383 e. The molecule has 1 amide bonds. The van der Waals surface area contributed by atoms with Crippen molar-refractivity contribution in [2.75, 3.05) is 53.0 Å². The summed E-state index contributed by atoms with van der Waals surface area (Å²) < 4.78 is 4.91. The fraction of sp³-hybridized carbons (Fsp3) is 0.600. The second-order valence-electron chi connectivity index (χ2n) is 5.38. The van der Waals surface area contributed by atoms with Crippen LogP contribution in [0.1, 0.15) is 5.56 Å². The molecule has 1 aromatic rings. The number of hydrogen-bond acceptors (Lipinski definition) is 5. The molecule has 0 aliphatic carbocycles. The quantitative estimate of drug-likeness (QED) is 0.588. The molecule has 0 bridgehead atoms. The van der Waals surface area contributed by atoms with Crippen LogP contribution < -0.4 is 5.32 Å². The Bertz CT molecular complexity index is 461. The first-order chi connectivity index (χ1) is 10.7. The van der Waals surface area contributed by atoms with Gasteiger partial charge in [0.15, 0.2) is 0 Å². The van der Waals surface area contributed by atoms with Crippen molar-refractivity contribution in [1.82, 2.24) is 20.1 Å². The van der Waals surface area contributed by atoms with Crippen LogP contribution in [-0.4, -0.2) is 73.7 Å². The third kappa shape index (κ3) is 5.88. The molecule has 7 heteroatoms. The van der Waals surface area contributed by atoms with Gasteiger partial charge in [-0.2, -0.15) is 0 Å². The Kier molecular flexibility index (Phi) is 7.05. The summed E-state index contributed by atoms with van der Waals surface area (Å²) in [6.07, 6.45) is 1.82. The molecule has 0 aromatic carbocycles. The summed E-state index contributed by atoms with van der Waals surface area (Å²) in [6, 6.07) is 3.82. The van der Waals surface area contributed by atoms with Crippen molar-refractivity contribution in [1.29, 1.82) is 0 Å². The molecular formula is C15H23ClN4O2. The number of nitrogens with one attached hydrogen (secondary N) is 1. The Morgan fingerprint density at radius 3 is 2.68 bits per heavy atom. The number of hydrogen-bond donors (Lipinski definition) is 1. The van der Waals surface area contributed by atoms with Crippen molar-refractivity contribution in [3.63, 3.8) is 0 Å². The SMILES string of the molecule is COCCNC(=O)CN1CCN(Cc2ccc(Cl)nc2)CC1. The summed E-state index contributed by atoms with van der Waals surface area (Å²) >= 11 is 5.79. The molecule has 22 heavy (non-hydrogen) atoms. The van der Waals surface area contributed by atoms with Gasteiger partial charge in [-0.05, 0) is 11.6 Å². The topological polar surface area (TPSA) is 57.7 Å². The van der Waals surface area contributed by atoms with Crippen LogP contribution in [0.2, 0.25) is 5.15 Å². The van der Waals surface area contributed by atoms with E-state index in [4.69, 9.17) is 16.3 Å². The van der Waals surface area contributed by atoms with Gasteiger partial charge in [0.05, 0.1) is 13.2 Å². The van der Waals surface area contributed by atoms with Crippen molar-refractivity contribution in [2.24, 2.45) is 0 Å². The molecule has 1 fully saturated rings. The summed E-state index contributed by atoms with van der Waals surface area (Å²) in [5.74, 6) is 0.0624. The Morgan fingerprint density at radius 1 is 1.32 bits per heavy atom. The second kappa shape index (κ2) is 9.05. The van der Waals surface area contributed by atoms with Crippen LogP contribution in [-0.2, 0) is 16.1 Å². The van der Waals surface area contributed by atoms with E-state index in [0.717, 1.165) is 38.3 Å². The van der Waals surface area contributed by atoms with Crippen LogP contribution in [0, 0.1) is 0 Å². The zero-order valence-corrected chi connectivity index (χ0v) is 13.7. The number of piperazine rings is 1. The summed E-state index contributed by atoms with van der Waals surface area (Å²) in [7, 11) is 1.63. The van der Waals surface area contributed by atoms with Crippen LogP contribution in [0.5, 0.6) is 0 Å². The number of pyridine rings is 1. The number of aromatic nitrogens is 1. The van der Waals surface area contributed by atoms with Gasteiger partial charge in [-0.25, -0.2) is 4.98 Å². The van der Waals surface area contributed by atoms with Gasteiger partial charge in [-0.3, -0.25) is 14.6 Å². The summed E-state index contributed by atoms with van der Waals surface area (Å²) in [4.78, 5) is 20.4. The second-order valence-corrected chi connectivity index (χ2v) is 5.77. The first-order valence-electron chi connectivity index (χ1n) is 7.48. The standard InChI is InChI=1S/C15H23ClN4O2/c1-22-9-4-17-15(21)12-20-7-5-19(6-8-20)11-13-2-3-14(16)18-10-13/h2-3,10H,4-9,11-12H2,1H3,(H,17,21). The number of ether oxygens (including phenoxy) is 1. The first-order valence-corrected chi connectivity index (χ1v) is 7.86. The van der Waals surface area contributed by atoms with Crippen LogP contribution in [0.3, 0.4) is 0 Å². The average Bonchev–Trinajstić information content (AvgIpc) is 2.52. The van der Waals surface area contributed by atoms with E-state index in [0.29, 0.717) is 24.8 Å². The first kappa shape index (κ1) is 17.1. The molecule has 0 radical (unpaired) electrons. The monoisotopic (exact) mass is 326 g/mol. The van der Waals surface area contributed by atoms with Gasteiger partial charge >= 0.3 is 0 Å². The number of methoxy groups -OCH3 is 1. The van der Waals surface area contributed by atoms with Crippen molar-refractivity contribution in [3.05, 3.63) is 29.0 Å². The van der Waals surface area contributed by atoms with Gasteiger partial charge in [0, 0.05) is 52.6 Å². The summed E-state index contributed by atoms with van der Waals surface area (Å²) in [6.45, 7) is 6.16. The lowest BCUT2D eigenvalue weighted by Crippen LogP contribution is -2.49. The van der Waals surface area contributed by atoms with E-state index >= 15 is 0 Å². The highest BCUT2D eigenvalue weighted by Gasteiger charge is 2.18. The molecule has 2 heterocycles. The highest BCUT2D eigenvalue weighted by Crippen LogP contribution is 2.10. The molecule has 1 aliphatic rings. The molecular weight excluding hydrogens is 304 g/mol. The molecule has 1 aromatic heterocycles. The number of carbonyl (C=O) groups is 1. The third-order valence-electron chi connectivity index (χ3n) is 3.66. The predicted octanol–water partition coefficient (Wildman–Crippen LogP) is 0.615. The molecule has 0 unspecified atom stereocenters. The van der Waals surface area contributed by atoms with Crippen molar-refractivity contribution in [2.45, 2.75) is 6.54 Å². The molecule has 2 rings (SSSR count). The molecule has 1 aliphatic heterocycles. The lowest BCUT2D eigenvalue weighted by molar-refractivity contribution is -0.122. The van der Waals surface area contributed by atoms with E-state index < -0.39 is 0 Å². The number of rotatable bonds is 7. The van der Waals surface area contributed by atoms with Gasteiger partial charge in [-0.15, -0.1) is 0 Å². The number of carbonyl (C=O) groups excluding carboxylic acids is 1. The van der Waals surface area contributed by atoms with Crippen molar-refractivity contribution < 1.29 is 9.53 Å². The smallest absolute Gasteiger partial charge is 0.234 e. The zero-order valence-electron chi connectivity index (χ0n) is 12.9. The Labute approximate surface area is 136 Å². The van der Waals surface area contributed by atoms with Gasteiger partial charge < -0.3 is 10.1 Å². The van der Waals surface area contributed by atoms with Gasteiger partial charge in [0.1, 0.15) is 5.15 Å². The fourth-order valence-corrected chi connectivity index (χ4v) is 2.53. The van der Waals surface area contributed by atoms with Crippen LogP contribution >= 0.6 is 11.6 Å². The van der Waals surface area contributed by atoms with E-state index in [1.165, 1.54) is 0 Å². The average molecular weight is 327 g/mol. The van der Waals surface area contributed by atoms with Crippen molar-refractivity contribution >= 4 is 17.5 Å². The fourth-order valence-electron chi connectivity index (χ4n) is 2.42. The molecule has 1 N–H and O–H groups in total. The van der Waals surface area contributed by atoms with Gasteiger partial charge in [0.2, 0.25) is 5.91 Å². The maximum Gasteiger partial charge on any atom is 0.234 e. The molecule has 0 atom stereocenters. The maximum absolute atomic E-state index is 11.7. The van der Waals surface area contributed by atoms with E-state index in [-0.39, 0.29) is 5.91 Å². The van der Waals surface area contributed by atoms with Crippen molar-refractivity contribution in [3.8, 4) is 0 Å². The lowest BCUT2D eigenvalue weighted by Gasteiger charge is -2.34. The highest BCUT2D eigenvalue weighted by atomic mass is 35.5. The third-order valence-corrected chi connectivity index (χ3v) is 3.88. The number of halogens is 1. The Hall–Kier alpha value is -1.21. The lowest BCUT2D eigenvalue weighted by atomic mass is 10.2. The molecule has 122 valence electrons. The minimum atomic E-state index is 0.0624. The summed E-state index contributed by atoms with van der Waals surface area (Å²) in [5.41, 5.74) is 1.16. The number of amides is 1. The van der Waals surface area contributed by atoms with E-state index in [1.807, 2.05) is 18.3 Å². The molecule has 1 saturated heterocycles. The molecule has 0 spiro atoms. The Morgan fingerprint density at radius 2 is 2.05 bits per heavy atom. The van der Waals surface area contributed by atoms with E-state index in [2.05, 4.69) is 20.1 Å². The molecule has 0 saturated carbocycles. The summed E-state index contributed by atoms with van der Waals surface area (Å²) in [5, 5.41) is 3.37. The van der Waals surface area contributed by atoms with Gasteiger partial charge in [0.25, 0.3) is 0 Å². The normalized spacial score (nSPS) is 16.6. The van der Waals surface area contributed by atoms with E-state index in [1.54, 1.807) is 7.11 Å². The predicted molar refractivity (Wildman–Crippen MR) is 85.8 cm³/mol. The van der Waals surface area contributed by atoms with Crippen LogP contribution in [0.25, 0.3) is 0 Å². The maximum atomic E-state index is 11.7.